The summed E-state index contributed by atoms with van der Waals surface area (Å²) in [6, 6.07) is 12.1. The van der Waals surface area contributed by atoms with E-state index in [1.54, 1.807) is 0 Å². The van der Waals surface area contributed by atoms with Crippen LogP contribution in [0, 0.1) is 5.92 Å². The molecule has 3 nitrogen and oxygen atoms in total. The molecule has 1 fully saturated rings. The topological polar surface area (TPSA) is 34.9 Å². The maximum absolute atomic E-state index is 12.1. The lowest BCUT2D eigenvalue weighted by Crippen LogP contribution is -2.15. The highest BCUT2D eigenvalue weighted by Gasteiger charge is 2.21. The number of rotatable bonds is 3. The molecular formula is C17H20N2O. The first-order chi connectivity index (χ1) is 9.83. The van der Waals surface area contributed by atoms with Crippen molar-refractivity contribution in [2.75, 3.05) is 0 Å². The standard InChI is InChI=1S/C17H20N2O/c20-17-10-6-1-3-7-14(17)13-15-11-12-19(18-15)16-8-4-2-5-9-16/h2,4-5,8-9,11-12,14H,1,3,6-7,10,13H2. The first-order valence-electron chi connectivity index (χ1n) is 7.45. The van der Waals surface area contributed by atoms with Gasteiger partial charge in [-0.25, -0.2) is 4.68 Å². The molecular weight excluding hydrogens is 248 g/mol. The first-order valence-corrected chi connectivity index (χ1v) is 7.45. The Kier molecular flexibility index (Phi) is 3.95. The van der Waals surface area contributed by atoms with Crippen molar-refractivity contribution in [2.24, 2.45) is 5.92 Å². The number of hydrogen-bond donors (Lipinski definition) is 0. The highest BCUT2D eigenvalue weighted by molar-refractivity contribution is 5.81. The predicted molar refractivity (Wildman–Crippen MR) is 78.9 cm³/mol. The first kappa shape index (κ1) is 13.1. The number of carbonyl (C=O) groups is 1. The van der Waals surface area contributed by atoms with Crippen molar-refractivity contribution >= 4 is 5.78 Å². The Hall–Kier alpha value is -1.90. The third kappa shape index (κ3) is 2.98. The quantitative estimate of drug-likeness (QED) is 0.798. The van der Waals surface area contributed by atoms with Crippen molar-refractivity contribution in [1.82, 2.24) is 9.78 Å². The molecule has 1 aliphatic rings. The molecule has 0 radical (unpaired) electrons. The van der Waals surface area contributed by atoms with E-state index in [9.17, 15) is 4.79 Å². The summed E-state index contributed by atoms with van der Waals surface area (Å²) in [4.78, 5) is 12.1. The van der Waals surface area contributed by atoms with Crippen LogP contribution < -0.4 is 0 Å². The van der Waals surface area contributed by atoms with E-state index in [4.69, 9.17) is 0 Å². The van der Waals surface area contributed by atoms with Gasteiger partial charge in [-0.2, -0.15) is 5.10 Å². The van der Waals surface area contributed by atoms with Crippen LogP contribution in [-0.4, -0.2) is 15.6 Å². The lowest BCUT2D eigenvalue weighted by molar-refractivity contribution is -0.122. The largest absolute Gasteiger partial charge is 0.299 e. The summed E-state index contributed by atoms with van der Waals surface area (Å²) in [5.74, 6) is 0.605. The minimum atomic E-state index is 0.177. The zero-order valence-corrected chi connectivity index (χ0v) is 11.7. The van der Waals surface area contributed by atoms with Crippen molar-refractivity contribution in [3.63, 3.8) is 0 Å². The number of carbonyl (C=O) groups excluding carboxylic acids is 1. The van der Waals surface area contributed by atoms with Crippen molar-refractivity contribution in [1.29, 1.82) is 0 Å². The molecule has 0 bridgehead atoms. The fourth-order valence-corrected chi connectivity index (χ4v) is 2.90. The van der Waals surface area contributed by atoms with Gasteiger partial charge in [-0.15, -0.1) is 0 Å². The second-order valence-electron chi connectivity index (χ2n) is 5.55. The Morgan fingerprint density at radius 1 is 1.10 bits per heavy atom. The van der Waals surface area contributed by atoms with Gasteiger partial charge in [-0.05, 0) is 31.0 Å². The zero-order chi connectivity index (χ0) is 13.8. The van der Waals surface area contributed by atoms with Crippen LogP contribution in [0.5, 0.6) is 0 Å². The van der Waals surface area contributed by atoms with Crippen molar-refractivity contribution < 1.29 is 4.79 Å². The van der Waals surface area contributed by atoms with Crippen molar-refractivity contribution in [3.8, 4) is 5.69 Å². The van der Waals surface area contributed by atoms with Crippen LogP contribution in [0.3, 0.4) is 0 Å². The maximum Gasteiger partial charge on any atom is 0.136 e. The van der Waals surface area contributed by atoms with Gasteiger partial charge in [-0.3, -0.25) is 4.79 Å². The second kappa shape index (κ2) is 6.04. The lowest BCUT2D eigenvalue weighted by Gasteiger charge is -2.10. The molecule has 1 unspecified atom stereocenters. The van der Waals surface area contributed by atoms with Gasteiger partial charge in [-0.1, -0.05) is 31.0 Å². The van der Waals surface area contributed by atoms with Crippen LogP contribution in [0.25, 0.3) is 5.69 Å². The van der Waals surface area contributed by atoms with Gasteiger partial charge < -0.3 is 0 Å². The van der Waals surface area contributed by atoms with Crippen molar-refractivity contribution in [2.45, 2.75) is 38.5 Å². The number of nitrogens with zero attached hydrogens (tertiary/aromatic N) is 2. The summed E-state index contributed by atoms with van der Waals surface area (Å²) in [7, 11) is 0. The predicted octanol–water partition coefficient (Wildman–Crippen LogP) is 3.56. The zero-order valence-electron chi connectivity index (χ0n) is 11.7. The molecule has 1 aromatic carbocycles. The molecule has 1 atom stereocenters. The van der Waals surface area contributed by atoms with Crippen LogP contribution in [0.1, 0.15) is 37.8 Å². The fourth-order valence-electron chi connectivity index (χ4n) is 2.90. The molecule has 1 heterocycles. The summed E-state index contributed by atoms with van der Waals surface area (Å²) in [6.07, 6.45) is 7.98. The summed E-state index contributed by atoms with van der Waals surface area (Å²) in [5.41, 5.74) is 2.08. The van der Waals surface area contributed by atoms with Gasteiger partial charge in [0.2, 0.25) is 0 Å². The number of Topliss-reactive ketones (excluding diaryl/α,β-unsaturated/α-hetero) is 1. The van der Waals surface area contributed by atoms with E-state index in [0.717, 1.165) is 37.1 Å². The Morgan fingerprint density at radius 2 is 1.95 bits per heavy atom. The minimum Gasteiger partial charge on any atom is -0.299 e. The molecule has 0 aliphatic heterocycles. The molecule has 0 spiro atoms. The van der Waals surface area contributed by atoms with Gasteiger partial charge in [0.25, 0.3) is 0 Å². The lowest BCUT2D eigenvalue weighted by atomic mass is 9.94. The average molecular weight is 268 g/mol. The summed E-state index contributed by atoms with van der Waals surface area (Å²) in [6.45, 7) is 0. The Balaban J connectivity index is 1.72. The molecule has 0 saturated heterocycles. The molecule has 20 heavy (non-hydrogen) atoms. The molecule has 1 saturated carbocycles. The average Bonchev–Trinajstić information content (AvgIpc) is 2.86. The molecule has 3 rings (SSSR count). The number of aromatic nitrogens is 2. The molecule has 3 heteroatoms. The highest BCUT2D eigenvalue weighted by Crippen LogP contribution is 2.23. The number of benzene rings is 1. The van der Waals surface area contributed by atoms with Crippen LogP contribution >= 0.6 is 0 Å². The van der Waals surface area contributed by atoms with Gasteiger partial charge in [0.15, 0.2) is 0 Å². The third-order valence-corrected chi connectivity index (χ3v) is 4.05. The van der Waals surface area contributed by atoms with Crippen LogP contribution in [0.4, 0.5) is 0 Å². The number of hydrogen-bond acceptors (Lipinski definition) is 2. The monoisotopic (exact) mass is 268 g/mol. The van der Waals surface area contributed by atoms with Crippen LogP contribution in [0.15, 0.2) is 42.6 Å². The van der Waals surface area contributed by atoms with E-state index >= 15 is 0 Å². The second-order valence-corrected chi connectivity index (χ2v) is 5.55. The van der Waals surface area contributed by atoms with Gasteiger partial charge >= 0.3 is 0 Å². The Bertz CT molecular complexity index is 574. The van der Waals surface area contributed by atoms with Gasteiger partial charge in [0, 0.05) is 25.0 Å². The third-order valence-electron chi connectivity index (χ3n) is 4.05. The molecule has 2 aromatic rings. The molecule has 0 N–H and O–H groups in total. The van der Waals surface area contributed by atoms with E-state index in [-0.39, 0.29) is 5.92 Å². The molecule has 0 amide bonds. The maximum atomic E-state index is 12.1. The normalized spacial score (nSPS) is 19.8. The smallest absolute Gasteiger partial charge is 0.136 e. The van der Waals surface area contributed by atoms with E-state index in [1.165, 1.54) is 12.8 Å². The fraction of sp³-hybridized carbons (Fsp3) is 0.412. The van der Waals surface area contributed by atoms with Crippen molar-refractivity contribution in [3.05, 3.63) is 48.3 Å². The SMILES string of the molecule is O=C1CCCCCC1Cc1ccn(-c2ccccc2)n1. The van der Waals surface area contributed by atoms with E-state index in [2.05, 4.69) is 5.10 Å². The summed E-state index contributed by atoms with van der Waals surface area (Å²) in [5, 5.41) is 4.60. The van der Waals surface area contributed by atoms with E-state index < -0.39 is 0 Å². The van der Waals surface area contributed by atoms with E-state index in [0.29, 0.717) is 5.78 Å². The van der Waals surface area contributed by atoms with Crippen LogP contribution in [-0.2, 0) is 11.2 Å². The molecule has 1 aromatic heterocycles. The van der Waals surface area contributed by atoms with Gasteiger partial charge in [0.05, 0.1) is 11.4 Å². The Labute approximate surface area is 119 Å². The van der Waals surface area contributed by atoms with E-state index in [1.807, 2.05) is 47.3 Å². The number of ketones is 1. The summed E-state index contributed by atoms with van der Waals surface area (Å²) >= 11 is 0. The molecule has 104 valence electrons. The van der Waals surface area contributed by atoms with Gasteiger partial charge in [0.1, 0.15) is 5.78 Å². The minimum absolute atomic E-state index is 0.177. The highest BCUT2D eigenvalue weighted by atomic mass is 16.1. The molecule has 1 aliphatic carbocycles. The van der Waals surface area contributed by atoms with Crippen LogP contribution in [0.2, 0.25) is 0 Å². The number of para-hydroxylation sites is 1. The Morgan fingerprint density at radius 3 is 2.80 bits per heavy atom. The summed E-state index contributed by atoms with van der Waals surface area (Å²) < 4.78 is 1.89.